The minimum atomic E-state index is -0.232. The van der Waals surface area contributed by atoms with Gasteiger partial charge >= 0.3 is 0 Å². The smallest absolute Gasteiger partial charge is 0.224 e. The summed E-state index contributed by atoms with van der Waals surface area (Å²) >= 11 is 0. The molecule has 0 aliphatic carbocycles. The Kier molecular flexibility index (Phi) is 4.24. The van der Waals surface area contributed by atoms with Crippen LogP contribution in [0.5, 0.6) is 0 Å². The number of amides is 1. The van der Waals surface area contributed by atoms with Gasteiger partial charge in [-0.2, -0.15) is 0 Å². The average Bonchev–Trinajstić information content (AvgIpc) is 2.39. The number of benzene rings is 1. The SMILES string of the molecule is COCC(CO)Nc1cc2c(cc1N)CCC(=O)N2. The lowest BCUT2D eigenvalue weighted by Crippen LogP contribution is -2.29. The van der Waals surface area contributed by atoms with E-state index < -0.39 is 0 Å². The normalized spacial score (nSPS) is 15.6. The summed E-state index contributed by atoms with van der Waals surface area (Å²) in [7, 11) is 1.57. The van der Waals surface area contributed by atoms with Crippen molar-refractivity contribution in [2.24, 2.45) is 0 Å². The molecule has 6 heteroatoms. The van der Waals surface area contributed by atoms with Crippen molar-refractivity contribution in [1.82, 2.24) is 0 Å². The molecular weight excluding hydrogens is 246 g/mol. The van der Waals surface area contributed by atoms with E-state index >= 15 is 0 Å². The molecule has 1 aliphatic rings. The van der Waals surface area contributed by atoms with E-state index in [1.54, 1.807) is 13.2 Å². The maximum atomic E-state index is 11.4. The number of nitrogen functional groups attached to an aromatic ring is 1. The number of carbonyl (C=O) groups excluding carboxylic acids is 1. The van der Waals surface area contributed by atoms with Gasteiger partial charge in [-0.25, -0.2) is 0 Å². The van der Waals surface area contributed by atoms with E-state index in [0.29, 0.717) is 30.8 Å². The van der Waals surface area contributed by atoms with Crippen molar-refractivity contribution in [2.45, 2.75) is 18.9 Å². The number of hydrogen-bond acceptors (Lipinski definition) is 5. The van der Waals surface area contributed by atoms with Crippen LogP contribution in [0.2, 0.25) is 0 Å². The molecule has 0 saturated heterocycles. The first-order valence-electron chi connectivity index (χ1n) is 6.22. The molecule has 0 saturated carbocycles. The van der Waals surface area contributed by atoms with Crippen molar-refractivity contribution >= 4 is 23.0 Å². The van der Waals surface area contributed by atoms with Gasteiger partial charge in [0.15, 0.2) is 0 Å². The number of hydrogen-bond donors (Lipinski definition) is 4. The van der Waals surface area contributed by atoms with Crippen molar-refractivity contribution in [3.8, 4) is 0 Å². The van der Waals surface area contributed by atoms with Gasteiger partial charge in [-0.1, -0.05) is 0 Å². The van der Waals surface area contributed by atoms with Crippen molar-refractivity contribution in [1.29, 1.82) is 0 Å². The number of aliphatic hydroxyl groups excluding tert-OH is 1. The van der Waals surface area contributed by atoms with E-state index in [9.17, 15) is 9.90 Å². The van der Waals surface area contributed by atoms with E-state index in [2.05, 4.69) is 10.6 Å². The summed E-state index contributed by atoms with van der Waals surface area (Å²) in [6, 6.07) is 3.43. The van der Waals surface area contributed by atoms with Crippen molar-refractivity contribution in [2.75, 3.05) is 36.7 Å². The minimum absolute atomic E-state index is 0.0128. The van der Waals surface area contributed by atoms with Gasteiger partial charge in [0.25, 0.3) is 0 Å². The van der Waals surface area contributed by atoms with Crippen LogP contribution < -0.4 is 16.4 Å². The Morgan fingerprint density at radius 1 is 1.53 bits per heavy atom. The molecule has 0 spiro atoms. The summed E-state index contributed by atoms with van der Waals surface area (Å²) in [5.41, 5.74) is 9.09. The highest BCUT2D eigenvalue weighted by atomic mass is 16.5. The lowest BCUT2D eigenvalue weighted by molar-refractivity contribution is -0.116. The maximum absolute atomic E-state index is 11.4. The van der Waals surface area contributed by atoms with Gasteiger partial charge in [-0.15, -0.1) is 0 Å². The second-order valence-corrected chi connectivity index (χ2v) is 4.62. The predicted octanol–water partition coefficient (Wildman–Crippen LogP) is 0.573. The molecule has 0 radical (unpaired) electrons. The maximum Gasteiger partial charge on any atom is 0.224 e. The molecule has 5 N–H and O–H groups in total. The van der Waals surface area contributed by atoms with Crippen LogP contribution in [0.25, 0.3) is 0 Å². The summed E-state index contributed by atoms with van der Waals surface area (Å²) in [5.74, 6) is 0.0128. The molecule has 0 bridgehead atoms. The van der Waals surface area contributed by atoms with Gasteiger partial charge in [0.05, 0.1) is 30.6 Å². The van der Waals surface area contributed by atoms with Gasteiger partial charge in [-0.3, -0.25) is 4.79 Å². The van der Waals surface area contributed by atoms with Crippen LogP contribution in [-0.2, 0) is 16.0 Å². The Morgan fingerprint density at radius 2 is 2.32 bits per heavy atom. The Bertz CT molecular complexity index is 476. The number of ether oxygens (including phenoxy) is 1. The zero-order valence-corrected chi connectivity index (χ0v) is 10.9. The van der Waals surface area contributed by atoms with Gasteiger partial charge in [0, 0.05) is 19.2 Å². The lowest BCUT2D eigenvalue weighted by Gasteiger charge is -2.22. The third kappa shape index (κ3) is 3.15. The molecule has 0 fully saturated rings. The van der Waals surface area contributed by atoms with Crippen LogP contribution in [-0.4, -0.2) is 37.4 Å². The van der Waals surface area contributed by atoms with Crippen LogP contribution in [0, 0.1) is 0 Å². The number of anilines is 3. The quantitative estimate of drug-likeness (QED) is 0.584. The molecule has 19 heavy (non-hydrogen) atoms. The minimum Gasteiger partial charge on any atom is -0.397 e. The first kappa shape index (κ1) is 13.6. The predicted molar refractivity (Wildman–Crippen MR) is 74.2 cm³/mol. The molecule has 1 unspecified atom stereocenters. The fourth-order valence-corrected chi connectivity index (χ4v) is 2.13. The van der Waals surface area contributed by atoms with E-state index in [1.165, 1.54) is 0 Å². The average molecular weight is 265 g/mol. The Morgan fingerprint density at radius 3 is 3.00 bits per heavy atom. The largest absolute Gasteiger partial charge is 0.397 e. The number of aryl methyl sites for hydroxylation is 1. The number of nitrogens with one attached hydrogen (secondary N) is 2. The standard InChI is InChI=1S/C13H19N3O3/c1-19-7-9(6-17)15-12-5-11-8(4-10(12)14)2-3-13(18)16-11/h4-5,9,15,17H,2-3,6-7,14H2,1H3,(H,16,18). The fourth-order valence-electron chi connectivity index (χ4n) is 2.13. The van der Waals surface area contributed by atoms with Gasteiger partial charge in [0.2, 0.25) is 5.91 Å². The highest BCUT2D eigenvalue weighted by Crippen LogP contribution is 2.31. The number of carbonyl (C=O) groups is 1. The number of aliphatic hydroxyl groups is 1. The van der Waals surface area contributed by atoms with Crippen molar-refractivity contribution in [3.05, 3.63) is 17.7 Å². The molecule has 1 atom stereocenters. The van der Waals surface area contributed by atoms with Gasteiger partial charge in [0.1, 0.15) is 0 Å². The Hall–Kier alpha value is -1.79. The van der Waals surface area contributed by atoms with Gasteiger partial charge < -0.3 is 26.2 Å². The van der Waals surface area contributed by atoms with Crippen molar-refractivity contribution < 1.29 is 14.6 Å². The zero-order valence-electron chi connectivity index (χ0n) is 10.9. The van der Waals surface area contributed by atoms with E-state index in [0.717, 1.165) is 11.3 Å². The fraction of sp³-hybridized carbons (Fsp3) is 0.462. The third-order valence-electron chi connectivity index (χ3n) is 3.12. The van der Waals surface area contributed by atoms with E-state index in [1.807, 2.05) is 6.07 Å². The zero-order chi connectivity index (χ0) is 13.8. The lowest BCUT2D eigenvalue weighted by atomic mass is 10.0. The molecule has 1 aromatic rings. The number of nitrogens with two attached hydrogens (primary N) is 1. The summed E-state index contributed by atoms with van der Waals surface area (Å²) in [4.78, 5) is 11.4. The second-order valence-electron chi connectivity index (χ2n) is 4.62. The number of fused-ring (bicyclic) bond motifs is 1. The van der Waals surface area contributed by atoms with Crippen LogP contribution in [0.1, 0.15) is 12.0 Å². The first-order valence-corrected chi connectivity index (χ1v) is 6.22. The number of rotatable bonds is 5. The molecule has 1 amide bonds. The van der Waals surface area contributed by atoms with Crippen molar-refractivity contribution in [3.63, 3.8) is 0 Å². The summed E-state index contributed by atoms with van der Waals surface area (Å²) in [6.45, 7) is 0.316. The Labute approximate surface area is 111 Å². The number of methoxy groups -OCH3 is 1. The molecule has 104 valence electrons. The summed E-state index contributed by atoms with van der Waals surface area (Å²) in [6.07, 6.45) is 1.19. The van der Waals surface area contributed by atoms with Crippen LogP contribution >= 0.6 is 0 Å². The summed E-state index contributed by atoms with van der Waals surface area (Å²) < 4.78 is 5.00. The Balaban J connectivity index is 2.21. The molecule has 6 nitrogen and oxygen atoms in total. The van der Waals surface area contributed by atoms with E-state index in [-0.39, 0.29) is 18.6 Å². The molecule has 2 rings (SSSR count). The monoisotopic (exact) mass is 265 g/mol. The van der Waals surface area contributed by atoms with Crippen LogP contribution in [0.3, 0.4) is 0 Å². The molecule has 1 heterocycles. The molecule has 1 aromatic carbocycles. The van der Waals surface area contributed by atoms with Gasteiger partial charge in [-0.05, 0) is 24.1 Å². The topological polar surface area (TPSA) is 96.6 Å². The summed E-state index contributed by atoms with van der Waals surface area (Å²) in [5, 5.41) is 15.2. The second kappa shape index (κ2) is 5.90. The highest BCUT2D eigenvalue weighted by molar-refractivity contribution is 5.95. The van der Waals surface area contributed by atoms with Crippen LogP contribution in [0.4, 0.5) is 17.1 Å². The van der Waals surface area contributed by atoms with E-state index in [4.69, 9.17) is 10.5 Å². The molecule has 1 aliphatic heterocycles. The molecule has 0 aromatic heterocycles. The van der Waals surface area contributed by atoms with Crippen LogP contribution in [0.15, 0.2) is 12.1 Å². The highest BCUT2D eigenvalue weighted by Gasteiger charge is 2.17. The molecular formula is C13H19N3O3. The third-order valence-corrected chi connectivity index (χ3v) is 3.12. The first-order chi connectivity index (χ1) is 9.13.